The van der Waals surface area contributed by atoms with Crippen LogP contribution in [0.4, 0.5) is 0 Å². The number of allylic oxidation sites excluding steroid dienone is 1. The molecule has 0 spiro atoms. The van der Waals surface area contributed by atoms with E-state index in [0.29, 0.717) is 0 Å². The van der Waals surface area contributed by atoms with Crippen LogP contribution in [0.2, 0.25) is 0 Å². The minimum atomic E-state index is 0.0624. The quantitative estimate of drug-likeness (QED) is 0.574. The molecule has 0 aliphatic carbocycles. The van der Waals surface area contributed by atoms with Crippen molar-refractivity contribution in [2.45, 2.75) is 6.92 Å². The van der Waals surface area contributed by atoms with Crippen LogP contribution in [0.15, 0.2) is 18.1 Å². The van der Waals surface area contributed by atoms with Gasteiger partial charge in [0.15, 0.2) is 0 Å². The summed E-state index contributed by atoms with van der Waals surface area (Å²) in [5, 5.41) is 16.8. The van der Waals surface area contributed by atoms with Gasteiger partial charge in [-0.3, -0.25) is 0 Å². The molecule has 0 aliphatic rings. The average Bonchev–Trinajstić information content (AvgIpc) is 2.47. The van der Waals surface area contributed by atoms with Crippen LogP contribution in [0.3, 0.4) is 0 Å². The fraction of sp³-hybridized carbons (Fsp3) is 0.125. The van der Waals surface area contributed by atoms with E-state index in [4.69, 9.17) is 10.5 Å². The molecule has 1 aromatic heterocycles. The largest absolute Gasteiger partial charge is 0.311 e. The highest BCUT2D eigenvalue weighted by molar-refractivity contribution is 5.49. The maximum atomic E-state index is 8.42. The molecule has 0 atom stereocenters. The molecular weight excluding hydrogens is 152 g/mol. The summed E-state index contributed by atoms with van der Waals surface area (Å²) in [6.45, 7) is 1.84. The first-order valence-corrected chi connectivity index (χ1v) is 3.28. The Morgan fingerprint density at radius 2 is 2.25 bits per heavy atom. The Morgan fingerprint density at radius 1 is 1.58 bits per heavy atom. The molecule has 0 saturated heterocycles. The van der Waals surface area contributed by atoms with Crippen molar-refractivity contribution in [3.8, 4) is 12.1 Å². The van der Waals surface area contributed by atoms with E-state index < -0.39 is 0 Å². The van der Waals surface area contributed by atoms with Gasteiger partial charge in [-0.15, -0.1) is 0 Å². The molecule has 0 aromatic carbocycles. The van der Waals surface area contributed by atoms with Crippen LogP contribution in [-0.2, 0) is 0 Å². The number of rotatable bonds is 1. The first-order valence-electron chi connectivity index (χ1n) is 3.28. The summed E-state index contributed by atoms with van der Waals surface area (Å²) in [6, 6.07) is 3.52. The minimum Gasteiger partial charge on any atom is -0.311 e. The van der Waals surface area contributed by atoms with Crippen molar-refractivity contribution in [3.63, 3.8) is 0 Å². The highest BCUT2D eigenvalue weighted by atomic mass is 15.0. The first-order chi connectivity index (χ1) is 5.76. The normalized spacial score (nSPS) is 8.25. The third-order valence-corrected chi connectivity index (χ3v) is 1.25. The van der Waals surface area contributed by atoms with Gasteiger partial charge in [0.25, 0.3) is 0 Å². The summed E-state index contributed by atoms with van der Waals surface area (Å²) in [5.74, 6) is 0. The summed E-state index contributed by atoms with van der Waals surface area (Å²) >= 11 is 0. The van der Waals surface area contributed by atoms with Crippen molar-refractivity contribution >= 4 is 6.20 Å². The second-order valence-corrected chi connectivity index (χ2v) is 2.23. The molecule has 0 unspecified atom stereocenters. The van der Waals surface area contributed by atoms with Crippen LogP contribution < -0.4 is 0 Å². The molecule has 0 saturated carbocycles. The van der Waals surface area contributed by atoms with Gasteiger partial charge in [0, 0.05) is 12.4 Å². The topological polar surface area (TPSA) is 65.4 Å². The summed E-state index contributed by atoms with van der Waals surface area (Å²) in [7, 11) is 0. The van der Waals surface area contributed by atoms with Crippen LogP contribution >= 0.6 is 0 Å². The Hall–Kier alpha value is -2.07. The van der Waals surface area contributed by atoms with Crippen molar-refractivity contribution in [1.29, 1.82) is 10.5 Å². The molecule has 12 heavy (non-hydrogen) atoms. The molecule has 0 N–H and O–H groups in total. The van der Waals surface area contributed by atoms with Crippen LogP contribution in [-0.4, -0.2) is 9.55 Å². The van der Waals surface area contributed by atoms with Crippen molar-refractivity contribution in [2.75, 3.05) is 0 Å². The Kier molecular flexibility index (Phi) is 2.25. The molecule has 0 fully saturated rings. The molecule has 0 radical (unpaired) electrons. The molecule has 1 heterocycles. The number of imidazole rings is 1. The van der Waals surface area contributed by atoms with Gasteiger partial charge < -0.3 is 4.57 Å². The fourth-order valence-electron chi connectivity index (χ4n) is 0.743. The summed E-state index contributed by atoms with van der Waals surface area (Å²) in [6.07, 6.45) is 4.71. The second-order valence-electron chi connectivity index (χ2n) is 2.23. The van der Waals surface area contributed by atoms with Gasteiger partial charge in [-0.2, -0.15) is 10.5 Å². The van der Waals surface area contributed by atoms with Crippen molar-refractivity contribution in [1.82, 2.24) is 9.55 Å². The van der Waals surface area contributed by atoms with E-state index in [-0.39, 0.29) is 5.57 Å². The Balaban J connectivity index is 2.97. The number of aromatic nitrogens is 2. The average molecular weight is 158 g/mol. The second kappa shape index (κ2) is 3.36. The lowest BCUT2D eigenvalue weighted by molar-refractivity contribution is 1.13. The predicted octanol–water partition coefficient (Wildman–Crippen LogP) is 1.08. The molecule has 0 amide bonds. The Bertz CT molecular complexity index is 370. The lowest BCUT2D eigenvalue weighted by Gasteiger charge is -1.87. The number of hydrogen-bond donors (Lipinski definition) is 0. The lowest BCUT2D eigenvalue weighted by Crippen LogP contribution is -1.82. The Labute approximate surface area is 70.0 Å². The molecular formula is C8H6N4. The van der Waals surface area contributed by atoms with Gasteiger partial charge in [-0.05, 0) is 6.92 Å². The monoisotopic (exact) mass is 158 g/mol. The minimum absolute atomic E-state index is 0.0624. The SMILES string of the molecule is Cc1cn(C=C(C#N)C#N)cn1. The van der Waals surface area contributed by atoms with E-state index in [0.717, 1.165) is 5.69 Å². The van der Waals surface area contributed by atoms with Crippen molar-refractivity contribution < 1.29 is 0 Å². The maximum absolute atomic E-state index is 8.42. The van der Waals surface area contributed by atoms with E-state index in [1.54, 1.807) is 29.2 Å². The molecule has 0 aliphatic heterocycles. The van der Waals surface area contributed by atoms with Gasteiger partial charge in [0.05, 0.1) is 12.0 Å². The molecule has 1 aromatic rings. The lowest BCUT2D eigenvalue weighted by atomic mass is 10.3. The number of aryl methyl sites for hydroxylation is 1. The maximum Gasteiger partial charge on any atom is 0.146 e. The van der Waals surface area contributed by atoms with Gasteiger partial charge in [-0.1, -0.05) is 0 Å². The zero-order valence-electron chi connectivity index (χ0n) is 6.52. The highest BCUT2D eigenvalue weighted by Crippen LogP contribution is 1.97. The van der Waals surface area contributed by atoms with Gasteiger partial charge in [-0.25, -0.2) is 4.98 Å². The van der Waals surface area contributed by atoms with E-state index in [9.17, 15) is 0 Å². The fourth-order valence-corrected chi connectivity index (χ4v) is 0.743. The molecule has 4 nitrogen and oxygen atoms in total. The van der Waals surface area contributed by atoms with Crippen LogP contribution in [0.5, 0.6) is 0 Å². The van der Waals surface area contributed by atoms with E-state index >= 15 is 0 Å². The predicted molar refractivity (Wildman–Crippen MR) is 42.5 cm³/mol. The van der Waals surface area contributed by atoms with Crippen LogP contribution in [0.25, 0.3) is 6.20 Å². The van der Waals surface area contributed by atoms with Gasteiger partial charge >= 0.3 is 0 Å². The summed E-state index contributed by atoms with van der Waals surface area (Å²) in [4.78, 5) is 3.94. The Morgan fingerprint density at radius 3 is 2.67 bits per heavy atom. The third-order valence-electron chi connectivity index (χ3n) is 1.25. The van der Waals surface area contributed by atoms with Crippen molar-refractivity contribution in [2.24, 2.45) is 0 Å². The molecule has 58 valence electrons. The molecule has 4 heteroatoms. The number of hydrogen-bond acceptors (Lipinski definition) is 3. The third kappa shape index (κ3) is 1.71. The van der Waals surface area contributed by atoms with Crippen LogP contribution in [0, 0.1) is 29.6 Å². The van der Waals surface area contributed by atoms with Gasteiger partial charge in [0.1, 0.15) is 17.7 Å². The van der Waals surface area contributed by atoms with Crippen LogP contribution in [0.1, 0.15) is 5.69 Å². The van der Waals surface area contributed by atoms with Crippen molar-refractivity contribution in [3.05, 3.63) is 23.8 Å². The van der Waals surface area contributed by atoms with E-state index in [1.807, 2.05) is 6.92 Å². The first kappa shape index (κ1) is 8.03. The highest BCUT2D eigenvalue weighted by Gasteiger charge is 1.93. The number of nitriles is 2. The van der Waals surface area contributed by atoms with E-state index in [2.05, 4.69) is 4.98 Å². The molecule has 1 rings (SSSR count). The summed E-state index contributed by atoms with van der Waals surface area (Å²) < 4.78 is 1.58. The van der Waals surface area contributed by atoms with Gasteiger partial charge in [0.2, 0.25) is 0 Å². The molecule has 0 bridgehead atoms. The standard InChI is InChI=1S/C8H6N4/c1-7-4-12(6-11-7)5-8(2-9)3-10/h4-6H,1H3. The zero-order valence-corrected chi connectivity index (χ0v) is 6.52. The smallest absolute Gasteiger partial charge is 0.146 e. The number of nitrogens with zero attached hydrogens (tertiary/aromatic N) is 4. The zero-order chi connectivity index (χ0) is 8.97. The summed E-state index contributed by atoms with van der Waals surface area (Å²) in [5.41, 5.74) is 0.911. The van der Waals surface area contributed by atoms with E-state index in [1.165, 1.54) is 6.20 Å².